The van der Waals surface area contributed by atoms with Gasteiger partial charge in [-0.2, -0.15) is 0 Å². The summed E-state index contributed by atoms with van der Waals surface area (Å²) in [7, 11) is 4.00. The molecule has 142 heavy (non-hydrogen) atoms. The van der Waals surface area contributed by atoms with Crippen LogP contribution in [0.3, 0.4) is 0 Å². The van der Waals surface area contributed by atoms with Crippen molar-refractivity contribution in [1.29, 1.82) is 0 Å². The molecule has 0 aromatic heterocycles. The van der Waals surface area contributed by atoms with E-state index < -0.39 is 0 Å². The zero-order valence-corrected chi connectivity index (χ0v) is 154. The van der Waals surface area contributed by atoms with Gasteiger partial charge >= 0.3 is 0 Å². The summed E-state index contributed by atoms with van der Waals surface area (Å²) in [5.41, 5.74) is 0. The normalized spacial score (nSPS) is 0.873. The summed E-state index contributed by atoms with van der Waals surface area (Å²) < 4.78 is 0. The van der Waals surface area contributed by atoms with Gasteiger partial charge in [-0.3, -0.25) is 0 Å². The molecule has 0 aliphatic rings. The van der Waals surface area contributed by atoms with E-state index in [2.05, 4.69) is 55.4 Å². The Kier molecular flexibility index (Phi) is 6320. The van der Waals surface area contributed by atoms with Crippen LogP contribution in [0.1, 0.15) is 93.9 Å². The Hall–Kier alpha value is 151. The molecule has 1087 valence electrons. The Balaban J connectivity index is -0.000000000112. The summed E-state index contributed by atoms with van der Waals surface area (Å²) in [5.74, 6) is 0. The van der Waals surface area contributed by atoms with E-state index in [0.717, 1.165) is 0 Å². The predicted octanol–water partition coefficient (Wildman–Crippen LogP) is 8.91. The molecule has 0 fully saturated rings. The zero-order chi connectivity index (χ0) is 17.7. The van der Waals surface area contributed by atoms with E-state index in [1.807, 2.05) is 41.9 Å². The van der Waals surface area contributed by atoms with Crippen molar-refractivity contribution >= 4 is 14.6 Å². The molecule has 0 amide bonds. The van der Waals surface area contributed by atoms with Crippen molar-refractivity contribution < 1.29 is 4510 Å². The number of unbranched alkanes of at least 4 members (excludes halogenated alkanes) is 2. The maximum atomic E-state index is 2.18. The standard InChI is InChI=1S/2C4H10.2C3H8.2C2H6B.2CH3.117Ar.3Y/c2*1-3-4-2;4*1-3-2;;;;;;;;;;;;;;;;;;;;;;;;;;;;;;;;;;;;;;;;;;;;;;;;;;;;;;;;;;;;;;;;;;;;;;;;;;;;;;;;;;;;;;;;;;;;;;;;;;;;;;;;;;;;;;;;;;;;;;;;;;/h2*3-4H2,1-2H3;2*3H2,1-2H3;2*1-2H3;2*1H3;;;;;;;;;;;;;;;;;;;;;;;;;;;;;;;;;;;;;;;;;;;;;;;;;;;;;;;;;;;;;;;;;;;;;;;;;;;;;;;;;;;;;;;;;;;;;;;;;;;;;;;;;;;;;;;;;;;;;;;;/q;;;;;;2*-1;;;;;;;;;;;;;;;;;;;;;;;;;;;;;;;;;;;;;;;;;;;;;;;;;;;;;;;;;;;;;;;;;;;;;;;;;;;;;;;;;;;;;;;;;;;;;;;;;;;;;;;;;;;;;;;;;;;;;;;;. The quantitative estimate of drug-likeness (QED) is 0.192. The second-order valence-corrected chi connectivity index (χ2v) is 4.57. The first-order chi connectivity index (χ1) is 9.49. The van der Waals surface area contributed by atoms with E-state index in [0.29, 0.717) is 0 Å². The molecule has 0 heterocycles. The van der Waals surface area contributed by atoms with Crippen molar-refractivity contribution in [2.45, 2.75) is 121 Å². The Bertz CT molecular complexity index is 150. The van der Waals surface area contributed by atoms with Crippen LogP contribution in [0, 0.1) is 4430 Å². The summed E-state index contributed by atoms with van der Waals surface area (Å²) in [6, 6.07) is 0. The average Bonchev–Trinajstić information content (AvgIpc) is 2.42. The molecule has 0 rings (SSSR count). The van der Waals surface area contributed by atoms with E-state index in [4.69, 9.17) is 0 Å². The first-order valence-corrected chi connectivity index (χ1v) is 8.97. The largest absolute Gasteiger partial charge is 0.358 e. The fourth-order valence-electron chi connectivity index (χ4n) is 0. The van der Waals surface area contributed by atoms with E-state index >= 15 is 0 Å². The third kappa shape index (κ3) is 1050. The van der Waals surface area contributed by atoms with E-state index in [1.165, 1.54) is 38.5 Å². The molecular formula is C20H54Ar117B2Y3-2. The van der Waals surface area contributed by atoms with Crippen molar-refractivity contribution in [3.63, 3.8) is 0 Å². The van der Waals surface area contributed by atoms with Gasteiger partial charge in [0, 0.05) is 4510 Å². The van der Waals surface area contributed by atoms with Crippen LogP contribution in [0.4, 0.5) is 0 Å². The molecule has 122 heteroatoms. The zero-order valence-electron chi connectivity index (χ0n) is 62.5. The van der Waals surface area contributed by atoms with Gasteiger partial charge in [0.1, 0.15) is 14.6 Å². The SMILES string of the molecule is CCC.CCC.CCCC.CCCC.C[B]C.C[B]C.[Ar].[Ar].[Ar].[Ar].[Ar].[Ar].[Ar].[Ar].[Ar].[Ar].[Ar].[Ar].[Ar].[Ar].[Ar].[Ar].[Ar].[Ar].[Ar].[Ar].[Ar].[Ar].[Ar].[Ar].[Ar].[Ar].[Ar].[Ar].[Ar].[Ar].[Ar].[Ar].[Ar].[Ar].[Ar].[Ar].[Ar].[Ar].[Ar].[Ar].[Ar].[Ar].[Ar].[Ar].[Ar].[Ar].[Ar].[Ar].[Ar].[Ar].[Ar].[Ar].[Ar].[Ar].[Ar].[Ar].[Ar].[Ar].[Ar].[Ar].[Ar].[Ar].[Ar].[Ar].[Ar].[Ar].[Ar].[Ar].[Ar].[Ar].[Ar].[Ar].[Ar].[Ar].[Ar].[Ar].[Ar].[Ar].[Ar].[Ar].[Ar].[Ar].[Ar].[Ar].[Ar].[Ar].[Ar].[Ar].[Ar].[Ar].[Ar].[Ar].[Ar].[Ar].[Ar].[Ar].[Ar].[Ar].[Ar].[Ar].[Ar].[Ar].[Ar].[Ar].[Ar].[Ar].[Ar].[Ar].[Ar].[Ar].[Ar].[Ar].[Ar].[Ar].[Ar].[Ar].[Ar].[CH3-].[CH3-].[Y].[Y].[Y]. The Morgan fingerprint density at radius 3 is 0.0845 bits per heavy atom. The average molecular weight is 5260 g/mol. The second-order valence-electron chi connectivity index (χ2n) is 4.57. The van der Waals surface area contributed by atoms with Gasteiger partial charge in [-0.05, 0) is 0 Å². The molecule has 5 radical (unpaired) electrons. The van der Waals surface area contributed by atoms with Gasteiger partial charge in [-0.25, -0.2) is 0 Å². The minimum Gasteiger partial charge on any atom is -0.358 e. The number of hydrogen-bond donors (Lipinski definition) is 0. The molecule has 0 aromatic rings. The van der Waals surface area contributed by atoms with Crippen molar-refractivity contribution in [2.75, 3.05) is 0 Å². The topological polar surface area (TPSA) is 0 Å². The first kappa shape index (κ1) is 918. The maximum Gasteiger partial charge on any atom is 0.102 e. The van der Waals surface area contributed by atoms with Gasteiger partial charge in [0.25, 0.3) is 0 Å². The van der Waals surface area contributed by atoms with Crippen LogP contribution in [0.2, 0.25) is 27.3 Å². The van der Waals surface area contributed by atoms with Gasteiger partial charge in [-0.15, -0.1) is 0 Å². The molecule has 0 aromatic carbocycles. The van der Waals surface area contributed by atoms with E-state index in [9.17, 15) is 0 Å². The van der Waals surface area contributed by atoms with Crippen molar-refractivity contribution in [1.82, 2.24) is 0 Å². The third-order valence-electron chi connectivity index (χ3n) is 1.000. The van der Waals surface area contributed by atoms with Crippen LogP contribution in [0.25, 0.3) is 0 Å². The van der Waals surface area contributed by atoms with Gasteiger partial charge in [0.05, 0.1) is 0 Å². The molecular weight excluding hydrogens is 5200 g/mol. The molecule has 0 unspecified atom stereocenters. The number of hydrogen-bond acceptors (Lipinski definition) is 0. The van der Waals surface area contributed by atoms with Crippen molar-refractivity contribution in [3.8, 4) is 0 Å². The summed E-state index contributed by atoms with van der Waals surface area (Å²) in [6.07, 6.45) is 7.78. The Labute approximate surface area is 4470 Å². The molecule has 0 saturated heterocycles. The Morgan fingerprint density at radius 1 is 0.0775 bits per heavy atom. The maximum absolute atomic E-state index is 2.18. The molecule has 0 aliphatic carbocycles. The van der Waals surface area contributed by atoms with E-state index in [1.54, 1.807) is 0 Å². The molecule has 0 aliphatic heterocycles. The van der Waals surface area contributed by atoms with Crippen LogP contribution < -0.4 is 0 Å². The Morgan fingerprint density at radius 2 is 0.0845 bits per heavy atom. The summed E-state index contributed by atoms with van der Waals surface area (Å²) in [4.78, 5) is 0. The minimum absolute atomic E-state index is 0. The smallest absolute Gasteiger partial charge is 0.102 e. The fourth-order valence-corrected chi connectivity index (χ4v) is 0. The first-order valence-electron chi connectivity index (χ1n) is 8.97. The predicted molar refractivity (Wildman–Crippen MR) is 121 cm³/mol. The summed E-state index contributed by atoms with van der Waals surface area (Å²) >= 11 is 0. The van der Waals surface area contributed by atoms with Crippen molar-refractivity contribution in [2.24, 2.45) is 0 Å². The molecule has 0 N–H and O–H groups in total. The van der Waals surface area contributed by atoms with Crippen LogP contribution in [-0.2, 0) is 98.1 Å². The van der Waals surface area contributed by atoms with Gasteiger partial charge in [-0.1, -0.05) is 121 Å². The summed E-state index contributed by atoms with van der Waals surface area (Å²) in [5, 5.41) is 0. The van der Waals surface area contributed by atoms with E-state index in [-0.39, 0.29) is 4530 Å². The van der Waals surface area contributed by atoms with Gasteiger partial charge in [0.2, 0.25) is 0 Å². The number of rotatable bonds is 2. The van der Waals surface area contributed by atoms with Gasteiger partial charge < -0.3 is 14.9 Å². The molecule has 0 saturated carbocycles. The second kappa shape index (κ2) is 978. The third-order valence-corrected chi connectivity index (χ3v) is 1.000. The van der Waals surface area contributed by atoms with Gasteiger partial charge in [0.15, 0.2) is 0 Å². The van der Waals surface area contributed by atoms with Crippen LogP contribution in [-0.4, -0.2) is 14.6 Å². The molecule has 0 spiro atoms. The van der Waals surface area contributed by atoms with Crippen molar-refractivity contribution in [3.05, 3.63) is 14.9 Å². The fraction of sp³-hybridized carbons (Fsp3) is 0.900. The minimum atomic E-state index is 0. The molecule has 0 bridgehead atoms. The monoisotopic (exact) mass is 5260 g/mol. The summed E-state index contributed by atoms with van der Waals surface area (Å²) in [6.45, 7) is 25.2. The van der Waals surface area contributed by atoms with Crippen LogP contribution >= 0.6 is 0 Å². The van der Waals surface area contributed by atoms with Crippen LogP contribution in [0.5, 0.6) is 0 Å². The van der Waals surface area contributed by atoms with Crippen LogP contribution in [0.15, 0.2) is 0 Å². The molecule has 0 nitrogen and oxygen atoms in total. The molecule has 0 atom stereocenters.